The van der Waals surface area contributed by atoms with E-state index in [1.54, 1.807) is 0 Å². The second-order valence-corrected chi connectivity index (χ2v) is 6.84. The Hall–Kier alpha value is -2.16. The van der Waals surface area contributed by atoms with Gasteiger partial charge in [-0.05, 0) is 33.8 Å². The lowest BCUT2D eigenvalue weighted by Gasteiger charge is -2.19. The van der Waals surface area contributed by atoms with Gasteiger partial charge >= 0.3 is 5.97 Å². The molecule has 122 valence electrons. The van der Waals surface area contributed by atoms with E-state index < -0.39 is 5.60 Å². The van der Waals surface area contributed by atoms with Gasteiger partial charge in [-0.3, -0.25) is 4.79 Å². The molecule has 23 heavy (non-hydrogen) atoms. The lowest BCUT2D eigenvalue weighted by atomic mass is 10.1. The number of ether oxygens (including phenoxy) is 1. The van der Waals surface area contributed by atoms with E-state index in [1.807, 2.05) is 39.0 Å². The molecule has 0 N–H and O–H groups in total. The van der Waals surface area contributed by atoms with Crippen LogP contribution in [0.1, 0.15) is 44.0 Å². The summed E-state index contributed by atoms with van der Waals surface area (Å²) in [6.07, 6.45) is 3.16. The lowest BCUT2D eigenvalue weighted by molar-refractivity contribution is -0.696. The van der Waals surface area contributed by atoms with Crippen LogP contribution in [0.5, 0.6) is 0 Å². The molecule has 0 radical (unpaired) electrons. The number of aromatic nitrogens is 1. The molecule has 0 aliphatic rings. The minimum atomic E-state index is -0.428. The number of benzene rings is 1. The Morgan fingerprint density at radius 3 is 2.43 bits per heavy atom. The van der Waals surface area contributed by atoms with E-state index in [2.05, 4.69) is 42.0 Å². The van der Waals surface area contributed by atoms with Crippen LogP contribution in [0.3, 0.4) is 0 Å². The highest BCUT2D eigenvalue weighted by atomic mass is 16.6. The van der Waals surface area contributed by atoms with Crippen LogP contribution in [-0.2, 0) is 22.5 Å². The van der Waals surface area contributed by atoms with Crippen molar-refractivity contribution < 1.29 is 14.1 Å². The third-order valence-corrected chi connectivity index (χ3v) is 3.60. The number of pyridine rings is 1. The van der Waals surface area contributed by atoms with Gasteiger partial charge in [-0.25, -0.2) is 0 Å². The summed E-state index contributed by atoms with van der Waals surface area (Å²) in [7, 11) is 0. The maximum Gasteiger partial charge on any atom is 0.306 e. The van der Waals surface area contributed by atoms with Gasteiger partial charge < -0.3 is 4.74 Å². The Morgan fingerprint density at radius 2 is 1.78 bits per heavy atom. The predicted molar refractivity (Wildman–Crippen MR) is 91.1 cm³/mol. The van der Waals surface area contributed by atoms with Crippen LogP contribution in [0.4, 0.5) is 0 Å². The number of carbonyl (C=O) groups excluding carboxylic acids is 1. The van der Waals surface area contributed by atoms with Crippen molar-refractivity contribution in [3.8, 4) is 0 Å². The average Bonchev–Trinajstić information content (AvgIpc) is 2.46. The molecule has 2 rings (SSSR count). The zero-order valence-electron chi connectivity index (χ0n) is 14.5. The van der Waals surface area contributed by atoms with Crippen LogP contribution in [0.25, 0.3) is 0 Å². The van der Waals surface area contributed by atoms with Crippen LogP contribution in [0.2, 0.25) is 0 Å². The van der Waals surface area contributed by atoms with Crippen LogP contribution in [-0.4, -0.2) is 11.6 Å². The summed E-state index contributed by atoms with van der Waals surface area (Å²) in [5.41, 5.74) is 3.21. The molecule has 3 heteroatoms. The first-order chi connectivity index (χ1) is 10.8. The van der Waals surface area contributed by atoms with Crippen molar-refractivity contribution in [1.82, 2.24) is 0 Å². The highest BCUT2D eigenvalue weighted by Crippen LogP contribution is 2.11. The quantitative estimate of drug-likeness (QED) is 0.624. The standard InChI is InChI=1S/C20H26NO2/c1-16-9-8-14-21(15-17-10-6-5-7-11-17)18(16)12-13-19(22)23-20(2,3)4/h5-11,14H,12-13,15H2,1-4H3/q+1. The molecule has 0 aliphatic heterocycles. The van der Waals surface area contributed by atoms with Crippen molar-refractivity contribution in [3.05, 3.63) is 65.5 Å². The van der Waals surface area contributed by atoms with Crippen molar-refractivity contribution in [2.75, 3.05) is 0 Å². The first-order valence-corrected chi connectivity index (χ1v) is 8.09. The van der Waals surface area contributed by atoms with Crippen molar-refractivity contribution in [1.29, 1.82) is 0 Å². The highest BCUT2D eigenvalue weighted by Gasteiger charge is 2.19. The zero-order chi connectivity index (χ0) is 16.9. The molecule has 0 unspecified atom stereocenters. The molecular formula is C20H26NO2+. The van der Waals surface area contributed by atoms with E-state index in [0.29, 0.717) is 12.8 Å². The normalized spacial score (nSPS) is 11.3. The molecule has 3 nitrogen and oxygen atoms in total. The SMILES string of the molecule is Cc1ccc[n+](Cc2ccccc2)c1CCC(=O)OC(C)(C)C. The van der Waals surface area contributed by atoms with Gasteiger partial charge in [0.25, 0.3) is 0 Å². The fourth-order valence-corrected chi connectivity index (χ4v) is 2.59. The van der Waals surface area contributed by atoms with Crippen LogP contribution >= 0.6 is 0 Å². The van der Waals surface area contributed by atoms with Crippen molar-refractivity contribution in [3.63, 3.8) is 0 Å². The average molecular weight is 312 g/mol. The second kappa shape index (κ2) is 7.40. The molecule has 0 bridgehead atoms. The number of nitrogens with zero attached hydrogens (tertiary/aromatic N) is 1. The molecule has 1 heterocycles. The first-order valence-electron chi connectivity index (χ1n) is 8.09. The van der Waals surface area contributed by atoms with Gasteiger partial charge in [0.2, 0.25) is 0 Å². The molecule has 0 fully saturated rings. The number of hydrogen-bond acceptors (Lipinski definition) is 2. The lowest BCUT2D eigenvalue weighted by Crippen LogP contribution is -2.39. The molecule has 0 spiro atoms. The third-order valence-electron chi connectivity index (χ3n) is 3.60. The van der Waals surface area contributed by atoms with Gasteiger partial charge in [0.15, 0.2) is 18.4 Å². The van der Waals surface area contributed by atoms with Crippen LogP contribution in [0, 0.1) is 6.92 Å². The van der Waals surface area contributed by atoms with E-state index in [1.165, 1.54) is 16.8 Å². The Labute approximate surface area is 138 Å². The number of aryl methyl sites for hydroxylation is 1. The van der Waals surface area contributed by atoms with E-state index in [-0.39, 0.29) is 5.97 Å². The number of rotatable bonds is 5. The van der Waals surface area contributed by atoms with Gasteiger partial charge in [0, 0.05) is 23.6 Å². The van der Waals surface area contributed by atoms with Gasteiger partial charge in [-0.15, -0.1) is 0 Å². The smallest absolute Gasteiger partial charge is 0.306 e. The summed E-state index contributed by atoms with van der Waals surface area (Å²) in [6, 6.07) is 14.5. The maximum absolute atomic E-state index is 12.0. The second-order valence-electron chi connectivity index (χ2n) is 6.84. The summed E-state index contributed by atoms with van der Waals surface area (Å²) >= 11 is 0. The van der Waals surface area contributed by atoms with Crippen molar-refractivity contribution in [2.45, 2.75) is 52.7 Å². The minimum absolute atomic E-state index is 0.146. The summed E-state index contributed by atoms with van der Waals surface area (Å²) in [4.78, 5) is 12.0. The van der Waals surface area contributed by atoms with Gasteiger partial charge in [-0.2, -0.15) is 4.57 Å². The van der Waals surface area contributed by atoms with Crippen molar-refractivity contribution >= 4 is 5.97 Å². The van der Waals surface area contributed by atoms with E-state index in [0.717, 1.165) is 6.54 Å². The topological polar surface area (TPSA) is 30.2 Å². The Bertz CT molecular complexity index is 657. The van der Waals surface area contributed by atoms with E-state index in [4.69, 9.17) is 4.74 Å². The summed E-state index contributed by atoms with van der Waals surface area (Å²) in [6.45, 7) is 8.59. The molecule has 0 atom stereocenters. The highest BCUT2D eigenvalue weighted by molar-refractivity contribution is 5.70. The third kappa shape index (κ3) is 5.51. The minimum Gasteiger partial charge on any atom is -0.460 e. The van der Waals surface area contributed by atoms with Crippen LogP contribution in [0.15, 0.2) is 48.7 Å². The fraction of sp³-hybridized carbons (Fsp3) is 0.400. The van der Waals surface area contributed by atoms with E-state index >= 15 is 0 Å². The largest absolute Gasteiger partial charge is 0.460 e. The summed E-state index contributed by atoms with van der Waals surface area (Å²) in [5.74, 6) is -0.146. The molecule has 0 aliphatic carbocycles. The Balaban J connectivity index is 2.10. The van der Waals surface area contributed by atoms with Gasteiger partial charge in [0.1, 0.15) is 5.60 Å². The number of esters is 1. The summed E-state index contributed by atoms with van der Waals surface area (Å²) < 4.78 is 7.63. The van der Waals surface area contributed by atoms with E-state index in [9.17, 15) is 4.79 Å². The Kier molecular flexibility index (Phi) is 5.54. The van der Waals surface area contributed by atoms with Gasteiger partial charge in [0.05, 0.1) is 6.42 Å². The molecule has 1 aromatic carbocycles. The van der Waals surface area contributed by atoms with Crippen LogP contribution < -0.4 is 4.57 Å². The first kappa shape index (κ1) is 17.2. The Morgan fingerprint density at radius 1 is 1.09 bits per heavy atom. The number of carbonyl (C=O) groups is 1. The monoisotopic (exact) mass is 312 g/mol. The van der Waals surface area contributed by atoms with Gasteiger partial charge in [-0.1, -0.05) is 30.3 Å². The molecule has 0 amide bonds. The molecular weight excluding hydrogens is 286 g/mol. The predicted octanol–water partition coefficient (Wildman–Crippen LogP) is 3.61. The zero-order valence-corrected chi connectivity index (χ0v) is 14.5. The molecule has 1 aromatic heterocycles. The molecule has 2 aromatic rings. The molecule has 0 saturated carbocycles. The number of hydrogen-bond donors (Lipinski definition) is 0. The summed E-state index contributed by atoms with van der Waals surface area (Å²) in [5, 5.41) is 0. The fourth-order valence-electron chi connectivity index (χ4n) is 2.59. The maximum atomic E-state index is 12.0. The van der Waals surface area contributed by atoms with Crippen molar-refractivity contribution in [2.24, 2.45) is 0 Å². The molecule has 0 saturated heterocycles.